The first kappa shape index (κ1) is 12.2. The lowest BCUT2D eigenvalue weighted by Crippen LogP contribution is -2.05. The van der Waals surface area contributed by atoms with Crippen LogP contribution in [0.15, 0.2) is 39.5 Å². The number of halogens is 1. The van der Waals surface area contributed by atoms with E-state index in [1.165, 1.54) is 26.7 Å². The molecule has 0 aromatic heterocycles. The van der Waals surface area contributed by atoms with Gasteiger partial charge >= 0.3 is 0 Å². The Hall–Kier alpha value is -0.830. The number of hydrogen-bond donors (Lipinski definition) is 0. The summed E-state index contributed by atoms with van der Waals surface area (Å²) in [6.45, 7) is 4.40. The molecule has 0 heterocycles. The van der Waals surface area contributed by atoms with E-state index in [-0.39, 0.29) is 0 Å². The second-order valence-corrected chi connectivity index (χ2v) is 6.33. The van der Waals surface area contributed by atoms with Crippen LogP contribution in [0, 0.1) is 0 Å². The third-order valence-electron chi connectivity index (χ3n) is 3.97. The smallest absolute Gasteiger partial charge is 0.0114 e. The molecule has 1 aromatic rings. The van der Waals surface area contributed by atoms with Crippen LogP contribution in [-0.4, -0.2) is 0 Å². The Balaban J connectivity index is 2.27. The minimum Gasteiger partial charge on any atom is -0.0870 e. The Morgan fingerprint density at radius 3 is 2.94 bits per heavy atom. The highest BCUT2D eigenvalue weighted by Gasteiger charge is 2.32. The van der Waals surface area contributed by atoms with Crippen LogP contribution in [0.3, 0.4) is 0 Å². The molecular weight excluding hydrogens is 331 g/mol. The van der Waals surface area contributed by atoms with Crippen molar-refractivity contribution in [2.24, 2.45) is 0 Å². The summed E-state index contributed by atoms with van der Waals surface area (Å²) in [6.07, 6.45) is 9.15. The molecule has 1 unspecified atom stereocenters. The van der Waals surface area contributed by atoms with Crippen LogP contribution in [0.4, 0.5) is 0 Å². The van der Waals surface area contributed by atoms with Crippen molar-refractivity contribution in [2.45, 2.75) is 32.6 Å². The Bertz CT molecular complexity index is 588. The van der Waals surface area contributed by atoms with Crippen LogP contribution >= 0.6 is 22.6 Å². The first-order chi connectivity index (χ1) is 8.76. The fourth-order valence-corrected chi connectivity index (χ4v) is 4.09. The molecule has 2 aliphatic carbocycles. The van der Waals surface area contributed by atoms with Crippen molar-refractivity contribution < 1.29 is 0 Å². The molecule has 0 saturated heterocycles. The quantitative estimate of drug-likeness (QED) is 0.601. The molecule has 1 atom stereocenters. The van der Waals surface area contributed by atoms with Crippen molar-refractivity contribution in [1.82, 2.24) is 0 Å². The maximum absolute atomic E-state index is 2.49. The Morgan fingerprint density at radius 2 is 2.22 bits per heavy atom. The minimum atomic E-state index is 0.629. The molecule has 0 N–H and O–H groups in total. The SMILES string of the molecule is C/C=C\C1=C(CC)C2CC(I)=Cc3cccc1c32. The highest BCUT2D eigenvalue weighted by atomic mass is 127. The van der Waals surface area contributed by atoms with Crippen LogP contribution in [0.25, 0.3) is 11.6 Å². The molecule has 0 aliphatic heterocycles. The summed E-state index contributed by atoms with van der Waals surface area (Å²) in [7, 11) is 0. The second-order valence-electron chi connectivity index (χ2n) is 4.95. The summed E-state index contributed by atoms with van der Waals surface area (Å²) in [4.78, 5) is 0. The molecule has 0 amide bonds. The van der Waals surface area contributed by atoms with Crippen molar-refractivity contribution >= 4 is 34.2 Å². The van der Waals surface area contributed by atoms with Crippen LogP contribution in [0.2, 0.25) is 0 Å². The standard InChI is InChI=1S/C17H17I/c1-3-6-14-13(4-2)16-10-12(18)9-11-7-5-8-15(14)17(11)16/h3,5-9,16H,4,10H2,1-2H3/b6-3-. The van der Waals surface area contributed by atoms with Crippen LogP contribution in [0.1, 0.15) is 49.3 Å². The molecule has 1 heteroatoms. The Morgan fingerprint density at radius 1 is 1.39 bits per heavy atom. The van der Waals surface area contributed by atoms with E-state index >= 15 is 0 Å². The van der Waals surface area contributed by atoms with Gasteiger partial charge in [0.05, 0.1) is 0 Å². The van der Waals surface area contributed by atoms with E-state index in [1.54, 1.807) is 11.1 Å². The Kier molecular flexibility index (Phi) is 3.18. The van der Waals surface area contributed by atoms with Gasteiger partial charge in [-0.2, -0.15) is 0 Å². The summed E-state index contributed by atoms with van der Waals surface area (Å²) in [6, 6.07) is 6.74. The van der Waals surface area contributed by atoms with Crippen molar-refractivity contribution in [2.75, 3.05) is 0 Å². The lowest BCUT2D eigenvalue weighted by atomic mass is 9.84. The van der Waals surface area contributed by atoms with Crippen LogP contribution in [-0.2, 0) is 0 Å². The third kappa shape index (κ3) is 1.71. The Labute approximate surface area is 123 Å². The van der Waals surface area contributed by atoms with E-state index in [4.69, 9.17) is 0 Å². The van der Waals surface area contributed by atoms with Gasteiger partial charge in [0.2, 0.25) is 0 Å². The molecule has 0 saturated carbocycles. The van der Waals surface area contributed by atoms with Crippen LogP contribution in [0.5, 0.6) is 0 Å². The van der Waals surface area contributed by atoms with Gasteiger partial charge in [0.15, 0.2) is 0 Å². The number of hydrogen-bond acceptors (Lipinski definition) is 0. The van der Waals surface area contributed by atoms with Crippen molar-refractivity contribution in [3.63, 3.8) is 0 Å². The first-order valence-electron chi connectivity index (χ1n) is 6.61. The molecule has 3 rings (SSSR count). The van der Waals surface area contributed by atoms with E-state index in [1.807, 2.05) is 0 Å². The fraction of sp³-hybridized carbons (Fsp3) is 0.294. The van der Waals surface area contributed by atoms with E-state index in [9.17, 15) is 0 Å². The van der Waals surface area contributed by atoms with Gasteiger partial charge in [-0.1, -0.05) is 42.8 Å². The van der Waals surface area contributed by atoms with Crippen molar-refractivity contribution in [3.8, 4) is 0 Å². The van der Waals surface area contributed by atoms with Gasteiger partial charge in [0.1, 0.15) is 0 Å². The summed E-state index contributed by atoms with van der Waals surface area (Å²) in [5.41, 5.74) is 7.56. The topological polar surface area (TPSA) is 0 Å². The molecule has 0 radical (unpaired) electrons. The molecule has 2 aliphatic rings. The number of benzene rings is 1. The summed E-state index contributed by atoms with van der Waals surface area (Å²) >= 11 is 2.49. The monoisotopic (exact) mass is 348 g/mol. The molecule has 0 fully saturated rings. The fourth-order valence-electron chi connectivity index (χ4n) is 3.32. The van der Waals surface area contributed by atoms with Crippen molar-refractivity contribution in [1.29, 1.82) is 0 Å². The summed E-state index contributed by atoms with van der Waals surface area (Å²) < 4.78 is 1.48. The summed E-state index contributed by atoms with van der Waals surface area (Å²) in [5.74, 6) is 0.629. The molecule has 92 valence electrons. The van der Waals surface area contributed by atoms with E-state index < -0.39 is 0 Å². The van der Waals surface area contributed by atoms with Gasteiger partial charge < -0.3 is 0 Å². The van der Waals surface area contributed by atoms with Gasteiger partial charge in [-0.3, -0.25) is 0 Å². The highest BCUT2D eigenvalue weighted by Crippen LogP contribution is 2.51. The number of allylic oxidation sites excluding steroid dienone is 5. The average Bonchev–Trinajstić information content (AvgIpc) is 2.65. The normalized spacial score (nSPS) is 21.5. The third-order valence-corrected chi connectivity index (χ3v) is 4.72. The molecule has 0 bridgehead atoms. The summed E-state index contributed by atoms with van der Waals surface area (Å²) in [5, 5.41) is 0. The highest BCUT2D eigenvalue weighted by molar-refractivity contribution is 14.1. The van der Waals surface area contributed by atoms with E-state index in [2.05, 4.69) is 72.9 Å². The van der Waals surface area contributed by atoms with Gasteiger partial charge in [-0.05, 0) is 74.3 Å². The van der Waals surface area contributed by atoms with Gasteiger partial charge in [-0.25, -0.2) is 0 Å². The lowest BCUT2D eigenvalue weighted by Gasteiger charge is -2.22. The molecule has 1 aromatic carbocycles. The predicted octanol–water partition coefficient (Wildman–Crippen LogP) is 5.70. The lowest BCUT2D eigenvalue weighted by molar-refractivity contribution is 0.780. The second kappa shape index (κ2) is 4.69. The van der Waals surface area contributed by atoms with Gasteiger partial charge in [0.25, 0.3) is 0 Å². The molecule has 18 heavy (non-hydrogen) atoms. The maximum atomic E-state index is 2.49. The minimum absolute atomic E-state index is 0.629. The average molecular weight is 348 g/mol. The predicted molar refractivity (Wildman–Crippen MR) is 87.8 cm³/mol. The van der Waals surface area contributed by atoms with Crippen molar-refractivity contribution in [3.05, 3.63) is 56.2 Å². The molecule has 0 nitrogen and oxygen atoms in total. The van der Waals surface area contributed by atoms with E-state index in [0.29, 0.717) is 5.92 Å². The largest absolute Gasteiger partial charge is 0.0870 e. The zero-order chi connectivity index (χ0) is 12.7. The van der Waals surface area contributed by atoms with E-state index in [0.717, 1.165) is 6.42 Å². The maximum Gasteiger partial charge on any atom is 0.0114 e. The van der Waals surface area contributed by atoms with Gasteiger partial charge in [-0.15, -0.1) is 0 Å². The first-order valence-corrected chi connectivity index (χ1v) is 7.69. The van der Waals surface area contributed by atoms with Gasteiger partial charge in [0, 0.05) is 5.92 Å². The van der Waals surface area contributed by atoms with Crippen LogP contribution < -0.4 is 0 Å². The number of rotatable bonds is 2. The zero-order valence-corrected chi connectivity index (χ0v) is 13.0. The molecule has 0 spiro atoms. The zero-order valence-electron chi connectivity index (χ0n) is 10.8. The molecular formula is C17H17I.